The predicted octanol–water partition coefficient (Wildman–Crippen LogP) is 1.90. The fraction of sp³-hybridized carbons (Fsp3) is 0.737. The topological polar surface area (TPSA) is 89.5 Å². The third kappa shape index (κ3) is 4.09. The molecule has 1 amide bonds. The molecular weight excluding hydrogens is 332 g/mol. The minimum Gasteiger partial charge on any atom is -0.480 e. The Labute approximate surface area is 154 Å². The van der Waals surface area contributed by atoms with E-state index in [2.05, 4.69) is 35.0 Å². The second-order valence-electron chi connectivity index (χ2n) is 8.45. The Balaban J connectivity index is 1.67. The highest BCUT2D eigenvalue weighted by Crippen LogP contribution is 2.44. The Kier molecular flexibility index (Phi) is 5.37. The molecule has 3 rings (SSSR count). The van der Waals surface area contributed by atoms with E-state index < -0.39 is 12.0 Å². The summed E-state index contributed by atoms with van der Waals surface area (Å²) in [7, 11) is 0. The van der Waals surface area contributed by atoms with Crippen molar-refractivity contribution >= 4 is 11.9 Å². The van der Waals surface area contributed by atoms with E-state index in [1.165, 1.54) is 0 Å². The quantitative estimate of drug-likeness (QED) is 0.835. The summed E-state index contributed by atoms with van der Waals surface area (Å²) in [6.07, 6.45) is 3.35. The van der Waals surface area contributed by atoms with E-state index in [9.17, 15) is 14.7 Å². The number of H-pyrrole nitrogens is 1. The third-order valence-corrected chi connectivity index (χ3v) is 5.83. The smallest absolute Gasteiger partial charge is 0.320 e. The van der Waals surface area contributed by atoms with Gasteiger partial charge in [0.2, 0.25) is 5.91 Å². The number of amides is 1. The zero-order valence-corrected chi connectivity index (χ0v) is 16.0. The van der Waals surface area contributed by atoms with Crippen molar-refractivity contribution < 1.29 is 14.7 Å². The lowest BCUT2D eigenvalue weighted by atomic mass is 9.76. The lowest BCUT2D eigenvalue weighted by molar-refractivity contribution is -0.142. The van der Waals surface area contributed by atoms with Crippen molar-refractivity contribution in [3.63, 3.8) is 0 Å². The summed E-state index contributed by atoms with van der Waals surface area (Å²) in [5.41, 5.74) is 2.02. The number of nitrogens with zero attached hydrogens (tertiary/aromatic N) is 3. The third-order valence-electron chi connectivity index (χ3n) is 5.83. The summed E-state index contributed by atoms with van der Waals surface area (Å²) in [5, 5.41) is 17.1. The molecule has 0 radical (unpaired) electrons. The van der Waals surface area contributed by atoms with Gasteiger partial charge in [-0.3, -0.25) is 19.6 Å². The lowest BCUT2D eigenvalue weighted by Gasteiger charge is -2.39. The number of carbonyl (C=O) groups is 2. The molecule has 26 heavy (non-hydrogen) atoms. The van der Waals surface area contributed by atoms with E-state index >= 15 is 0 Å². The van der Waals surface area contributed by atoms with Gasteiger partial charge < -0.3 is 10.0 Å². The van der Waals surface area contributed by atoms with Crippen molar-refractivity contribution in [2.75, 3.05) is 19.6 Å². The van der Waals surface area contributed by atoms with Crippen LogP contribution >= 0.6 is 0 Å². The summed E-state index contributed by atoms with van der Waals surface area (Å²) in [4.78, 5) is 27.3. The van der Waals surface area contributed by atoms with E-state index in [-0.39, 0.29) is 11.3 Å². The zero-order chi connectivity index (χ0) is 18.9. The zero-order valence-electron chi connectivity index (χ0n) is 16.0. The second kappa shape index (κ2) is 7.39. The van der Waals surface area contributed by atoms with Gasteiger partial charge in [-0.05, 0) is 43.1 Å². The number of aromatic amines is 1. The minimum absolute atomic E-state index is 0.00971. The molecule has 2 aliphatic heterocycles. The SMILES string of the molecule is CC(=O)N1CCC2(CC1)C[C@@H](C(=O)O)N(Cc1cc(CC(C)C)n[nH]1)C2. The molecule has 0 unspecified atom stereocenters. The van der Waals surface area contributed by atoms with Crippen molar-refractivity contribution in [2.45, 2.75) is 59.0 Å². The highest BCUT2D eigenvalue weighted by atomic mass is 16.4. The molecule has 1 atom stereocenters. The highest BCUT2D eigenvalue weighted by molar-refractivity contribution is 5.74. The fourth-order valence-corrected chi connectivity index (χ4v) is 4.44. The van der Waals surface area contributed by atoms with Crippen molar-refractivity contribution in [3.05, 3.63) is 17.5 Å². The van der Waals surface area contributed by atoms with Gasteiger partial charge in [-0.1, -0.05) is 13.8 Å². The van der Waals surface area contributed by atoms with Gasteiger partial charge in [-0.2, -0.15) is 5.10 Å². The molecule has 2 N–H and O–H groups in total. The number of carbonyl (C=O) groups excluding carboxylic acids is 1. The van der Waals surface area contributed by atoms with E-state index in [1.807, 2.05) is 4.90 Å². The van der Waals surface area contributed by atoms with Gasteiger partial charge in [0, 0.05) is 38.8 Å². The summed E-state index contributed by atoms with van der Waals surface area (Å²) in [6, 6.07) is 1.60. The van der Waals surface area contributed by atoms with Crippen LogP contribution in [-0.4, -0.2) is 62.7 Å². The van der Waals surface area contributed by atoms with E-state index in [0.29, 0.717) is 18.9 Å². The first-order valence-electron chi connectivity index (χ1n) is 9.53. The van der Waals surface area contributed by atoms with Gasteiger partial charge in [-0.15, -0.1) is 0 Å². The van der Waals surface area contributed by atoms with Crippen LogP contribution in [0.1, 0.15) is 51.4 Å². The van der Waals surface area contributed by atoms with E-state index in [1.54, 1.807) is 6.92 Å². The Bertz CT molecular complexity index is 661. The van der Waals surface area contributed by atoms with Crippen LogP contribution in [0.4, 0.5) is 0 Å². The maximum atomic E-state index is 11.8. The molecule has 0 saturated carbocycles. The molecule has 2 aliphatic rings. The standard InChI is InChI=1S/C19H30N4O3/c1-13(2)8-15-9-16(21-20-15)11-23-12-19(10-17(23)18(25)26)4-6-22(7-5-19)14(3)24/h9,13,17H,4-8,10-12H2,1-3H3,(H,20,21)(H,25,26)/t17-/m0/s1. The second-order valence-corrected chi connectivity index (χ2v) is 8.45. The molecule has 2 saturated heterocycles. The lowest BCUT2D eigenvalue weighted by Crippen LogP contribution is -2.43. The molecule has 0 bridgehead atoms. The van der Waals surface area contributed by atoms with Gasteiger partial charge in [-0.25, -0.2) is 0 Å². The number of rotatable bonds is 5. The Morgan fingerprint density at radius 2 is 2.08 bits per heavy atom. The minimum atomic E-state index is -0.752. The van der Waals surface area contributed by atoms with Gasteiger partial charge in [0.05, 0.1) is 5.69 Å². The molecular formula is C19H30N4O3. The van der Waals surface area contributed by atoms with Crippen LogP contribution in [0.15, 0.2) is 6.07 Å². The molecule has 1 spiro atoms. The number of hydrogen-bond acceptors (Lipinski definition) is 4. The first-order chi connectivity index (χ1) is 12.3. The number of carboxylic acids is 1. The fourth-order valence-electron chi connectivity index (χ4n) is 4.44. The van der Waals surface area contributed by atoms with Gasteiger partial charge in [0.15, 0.2) is 0 Å². The number of aliphatic carboxylic acids is 1. The average molecular weight is 362 g/mol. The molecule has 1 aromatic heterocycles. The summed E-state index contributed by atoms with van der Waals surface area (Å²) < 4.78 is 0. The van der Waals surface area contributed by atoms with Crippen LogP contribution in [0.25, 0.3) is 0 Å². The molecule has 7 nitrogen and oxygen atoms in total. The van der Waals surface area contributed by atoms with Crippen LogP contribution in [0, 0.1) is 11.3 Å². The summed E-state index contributed by atoms with van der Waals surface area (Å²) in [5.74, 6) is -0.100. The molecule has 0 aliphatic carbocycles. The van der Waals surface area contributed by atoms with E-state index in [0.717, 1.165) is 50.3 Å². The Hall–Kier alpha value is -1.89. The Morgan fingerprint density at radius 3 is 2.65 bits per heavy atom. The average Bonchev–Trinajstić information content (AvgIpc) is 3.12. The first-order valence-corrected chi connectivity index (χ1v) is 9.53. The number of hydrogen-bond donors (Lipinski definition) is 2. The largest absolute Gasteiger partial charge is 0.480 e. The first kappa shape index (κ1) is 18.9. The van der Waals surface area contributed by atoms with Crippen LogP contribution in [0.3, 0.4) is 0 Å². The van der Waals surface area contributed by atoms with Crippen LogP contribution in [0.5, 0.6) is 0 Å². The molecule has 0 aromatic carbocycles. The Morgan fingerprint density at radius 1 is 1.38 bits per heavy atom. The van der Waals surface area contributed by atoms with Crippen LogP contribution < -0.4 is 0 Å². The molecule has 144 valence electrons. The monoisotopic (exact) mass is 362 g/mol. The maximum Gasteiger partial charge on any atom is 0.320 e. The number of nitrogens with one attached hydrogen (secondary N) is 1. The number of aromatic nitrogens is 2. The molecule has 2 fully saturated rings. The molecule has 7 heteroatoms. The van der Waals surface area contributed by atoms with Crippen LogP contribution in [0.2, 0.25) is 0 Å². The molecule has 3 heterocycles. The van der Waals surface area contributed by atoms with E-state index in [4.69, 9.17) is 0 Å². The van der Waals surface area contributed by atoms with Crippen LogP contribution in [-0.2, 0) is 22.6 Å². The van der Waals surface area contributed by atoms with Crippen molar-refractivity contribution in [2.24, 2.45) is 11.3 Å². The number of likely N-dealkylation sites (tertiary alicyclic amines) is 2. The maximum absolute atomic E-state index is 11.8. The van der Waals surface area contributed by atoms with Crippen molar-refractivity contribution in [1.82, 2.24) is 20.0 Å². The highest BCUT2D eigenvalue weighted by Gasteiger charge is 2.48. The number of piperidine rings is 1. The van der Waals surface area contributed by atoms with Crippen molar-refractivity contribution in [1.29, 1.82) is 0 Å². The predicted molar refractivity (Wildman–Crippen MR) is 97.5 cm³/mol. The van der Waals surface area contributed by atoms with Gasteiger partial charge in [0.25, 0.3) is 0 Å². The van der Waals surface area contributed by atoms with Gasteiger partial charge in [0.1, 0.15) is 6.04 Å². The molecule has 1 aromatic rings. The van der Waals surface area contributed by atoms with Gasteiger partial charge >= 0.3 is 5.97 Å². The summed E-state index contributed by atoms with van der Waals surface area (Å²) >= 11 is 0. The normalized spacial score (nSPS) is 23.1. The summed E-state index contributed by atoms with van der Waals surface area (Å²) in [6.45, 7) is 8.75. The van der Waals surface area contributed by atoms with Crippen molar-refractivity contribution in [3.8, 4) is 0 Å². The number of carboxylic acid groups (broad SMARTS) is 1.